The normalized spacial score (nSPS) is 16.7. The van der Waals surface area contributed by atoms with E-state index in [1.54, 1.807) is 0 Å². The van der Waals surface area contributed by atoms with Crippen LogP contribution in [0.2, 0.25) is 0 Å². The van der Waals surface area contributed by atoms with Crippen molar-refractivity contribution in [1.29, 1.82) is 0 Å². The number of hydrogen-bond donors (Lipinski definition) is 0. The maximum Gasteiger partial charge on any atom is 0.340 e. The SMILES string of the molecule is COC(=O)c1cc(Br)ccc1N1CCN(C)CC1. The number of rotatable bonds is 2. The van der Waals surface area contributed by atoms with Gasteiger partial charge in [-0.25, -0.2) is 4.79 Å². The topological polar surface area (TPSA) is 32.8 Å². The number of methoxy groups -OCH3 is 1. The van der Waals surface area contributed by atoms with Gasteiger partial charge in [0.05, 0.1) is 18.4 Å². The predicted molar refractivity (Wildman–Crippen MR) is 75.2 cm³/mol. The van der Waals surface area contributed by atoms with Crippen molar-refractivity contribution >= 4 is 27.6 Å². The highest BCUT2D eigenvalue weighted by Gasteiger charge is 2.20. The van der Waals surface area contributed by atoms with E-state index in [2.05, 4.69) is 32.8 Å². The highest BCUT2D eigenvalue weighted by atomic mass is 79.9. The first-order valence-corrected chi connectivity index (χ1v) is 6.72. The van der Waals surface area contributed by atoms with E-state index in [4.69, 9.17) is 4.74 Å². The van der Waals surface area contributed by atoms with Crippen LogP contribution >= 0.6 is 15.9 Å². The second-order valence-corrected chi connectivity index (χ2v) is 5.36. The Morgan fingerprint density at radius 3 is 2.56 bits per heavy atom. The number of carbonyl (C=O) groups is 1. The van der Waals surface area contributed by atoms with Gasteiger partial charge in [0.15, 0.2) is 0 Å². The number of carbonyl (C=O) groups excluding carboxylic acids is 1. The number of benzene rings is 1. The van der Waals surface area contributed by atoms with E-state index in [0.29, 0.717) is 5.56 Å². The molecule has 0 saturated carbocycles. The van der Waals surface area contributed by atoms with Crippen molar-refractivity contribution in [1.82, 2.24) is 4.90 Å². The number of esters is 1. The van der Waals surface area contributed by atoms with Gasteiger partial charge in [-0.1, -0.05) is 15.9 Å². The molecule has 0 atom stereocenters. The van der Waals surface area contributed by atoms with Gasteiger partial charge in [0, 0.05) is 30.7 Å². The van der Waals surface area contributed by atoms with Gasteiger partial charge in [0.25, 0.3) is 0 Å². The van der Waals surface area contributed by atoms with Gasteiger partial charge in [-0.05, 0) is 25.2 Å². The lowest BCUT2D eigenvalue weighted by Gasteiger charge is -2.34. The molecule has 98 valence electrons. The van der Waals surface area contributed by atoms with E-state index in [-0.39, 0.29) is 5.97 Å². The third-order valence-electron chi connectivity index (χ3n) is 3.21. The molecule has 1 saturated heterocycles. The molecule has 2 rings (SSSR count). The van der Waals surface area contributed by atoms with Crippen LogP contribution in [-0.4, -0.2) is 51.2 Å². The molecule has 0 N–H and O–H groups in total. The number of hydrogen-bond acceptors (Lipinski definition) is 4. The Bertz CT molecular complexity index is 443. The van der Waals surface area contributed by atoms with Gasteiger partial charge in [-0.3, -0.25) is 0 Å². The molecule has 0 unspecified atom stereocenters. The second kappa shape index (κ2) is 5.71. The zero-order valence-electron chi connectivity index (χ0n) is 10.6. The van der Waals surface area contributed by atoms with Crippen LogP contribution in [0.5, 0.6) is 0 Å². The van der Waals surface area contributed by atoms with Gasteiger partial charge in [0.1, 0.15) is 0 Å². The van der Waals surface area contributed by atoms with E-state index < -0.39 is 0 Å². The van der Waals surface area contributed by atoms with Crippen molar-refractivity contribution in [2.45, 2.75) is 0 Å². The maximum atomic E-state index is 11.8. The van der Waals surface area contributed by atoms with Crippen LogP contribution in [-0.2, 0) is 4.74 Å². The summed E-state index contributed by atoms with van der Waals surface area (Å²) in [6, 6.07) is 5.75. The predicted octanol–water partition coefficient (Wildman–Crippen LogP) is 1.99. The summed E-state index contributed by atoms with van der Waals surface area (Å²) in [6.07, 6.45) is 0. The third-order valence-corrected chi connectivity index (χ3v) is 3.70. The first-order chi connectivity index (χ1) is 8.61. The molecule has 0 spiro atoms. The lowest BCUT2D eigenvalue weighted by molar-refractivity contribution is 0.0601. The summed E-state index contributed by atoms with van der Waals surface area (Å²) in [5.41, 5.74) is 1.58. The molecule has 1 aromatic rings. The highest BCUT2D eigenvalue weighted by molar-refractivity contribution is 9.10. The van der Waals surface area contributed by atoms with E-state index in [1.807, 2.05) is 18.2 Å². The fourth-order valence-corrected chi connectivity index (χ4v) is 2.47. The molecule has 0 aliphatic carbocycles. The van der Waals surface area contributed by atoms with Gasteiger partial charge >= 0.3 is 5.97 Å². The lowest BCUT2D eigenvalue weighted by Crippen LogP contribution is -2.45. The molecule has 0 radical (unpaired) electrons. The Balaban J connectivity index is 2.29. The molecule has 18 heavy (non-hydrogen) atoms. The number of halogens is 1. The van der Waals surface area contributed by atoms with Crippen LogP contribution in [0.1, 0.15) is 10.4 Å². The first kappa shape index (κ1) is 13.4. The number of piperazine rings is 1. The van der Waals surface area contributed by atoms with Crippen molar-refractivity contribution in [2.75, 3.05) is 45.2 Å². The summed E-state index contributed by atoms with van der Waals surface area (Å²) in [5, 5.41) is 0. The second-order valence-electron chi connectivity index (χ2n) is 4.44. The van der Waals surface area contributed by atoms with Gasteiger partial charge < -0.3 is 14.5 Å². The molecule has 1 aliphatic rings. The average Bonchev–Trinajstić information content (AvgIpc) is 2.39. The Kier molecular flexibility index (Phi) is 4.24. The van der Waals surface area contributed by atoms with Crippen molar-refractivity contribution in [2.24, 2.45) is 0 Å². The molecule has 0 amide bonds. The van der Waals surface area contributed by atoms with E-state index in [0.717, 1.165) is 36.3 Å². The summed E-state index contributed by atoms with van der Waals surface area (Å²) in [6.45, 7) is 3.89. The molecule has 5 heteroatoms. The molecular weight excluding hydrogens is 296 g/mol. The summed E-state index contributed by atoms with van der Waals surface area (Å²) in [4.78, 5) is 16.3. The zero-order valence-corrected chi connectivity index (χ0v) is 12.2. The zero-order chi connectivity index (χ0) is 13.1. The summed E-state index contributed by atoms with van der Waals surface area (Å²) < 4.78 is 5.74. The Hall–Kier alpha value is -1.07. The smallest absolute Gasteiger partial charge is 0.340 e. The third kappa shape index (κ3) is 2.84. The molecule has 0 bridgehead atoms. The van der Waals surface area contributed by atoms with E-state index in [9.17, 15) is 4.79 Å². The first-order valence-electron chi connectivity index (χ1n) is 5.93. The molecule has 1 aliphatic heterocycles. The van der Waals surface area contributed by atoms with Crippen LogP contribution in [0.4, 0.5) is 5.69 Å². The number of nitrogens with zero attached hydrogens (tertiary/aromatic N) is 2. The van der Waals surface area contributed by atoms with E-state index >= 15 is 0 Å². The molecule has 4 nitrogen and oxygen atoms in total. The van der Waals surface area contributed by atoms with Gasteiger partial charge in [-0.15, -0.1) is 0 Å². The summed E-state index contributed by atoms with van der Waals surface area (Å²) in [5.74, 6) is -0.287. The fraction of sp³-hybridized carbons (Fsp3) is 0.462. The van der Waals surface area contributed by atoms with Crippen molar-refractivity contribution < 1.29 is 9.53 Å². The van der Waals surface area contributed by atoms with Crippen molar-refractivity contribution in [3.63, 3.8) is 0 Å². The molecule has 0 aromatic heterocycles. The average molecular weight is 313 g/mol. The van der Waals surface area contributed by atoms with Crippen LogP contribution in [0.25, 0.3) is 0 Å². The minimum Gasteiger partial charge on any atom is -0.465 e. The minimum atomic E-state index is -0.287. The maximum absolute atomic E-state index is 11.8. The van der Waals surface area contributed by atoms with Crippen LogP contribution in [0.15, 0.2) is 22.7 Å². The molecule has 1 heterocycles. The Morgan fingerprint density at radius 1 is 1.28 bits per heavy atom. The monoisotopic (exact) mass is 312 g/mol. The summed E-state index contributed by atoms with van der Waals surface area (Å²) >= 11 is 3.39. The van der Waals surface area contributed by atoms with Crippen molar-refractivity contribution in [3.8, 4) is 0 Å². The van der Waals surface area contributed by atoms with Crippen LogP contribution in [0, 0.1) is 0 Å². The quantitative estimate of drug-likeness (QED) is 0.782. The molecule has 1 aromatic carbocycles. The number of ether oxygens (including phenoxy) is 1. The minimum absolute atomic E-state index is 0.287. The van der Waals surface area contributed by atoms with E-state index in [1.165, 1.54) is 7.11 Å². The molecule has 1 fully saturated rings. The van der Waals surface area contributed by atoms with Crippen LogP contribution in [0.3, 0.4) is 0 Å². The number of anilines is 1. The fourth-order valence-electron chi connectivity index (χ4n) is 2.10. The van der Waals surface area contributed by atoms with Gasteiger partial charge in [-0.2, -0.15) is 0 Å². The van der Waals surface area contributed by atoms with Gasteiger partial charge in [0.2, 0.25) is 0 Å². The highest BCUT2D eigenvalue weighted by Crippen LogP contribution is 2.26. The number of likely N-dealkylation sites (N-methyl/N-ethyl adjacent to an activating group) is 1. The Morgan fingerprint density at radius 2 is 1.94 bits per heavy atom. The molecular formula is C13H17BrN2O2. The van der Waals surface area contributed by atoms with Crippen LogP contribution < -0.4 is 4.90 Å². The summed E-state index contributed by atoms with van der Waals surface area (Å²) in [7, 11) is 3.52. The van der Waals surface area contributed by atoms with Crippen molar-refractivity contribution in [3.05, 3.63) is 28.2 Å². The lowest BCUT2D eigenvalue weighted by atomic mass is 10.1. The standard InChI is InChI=1S/C13H17BrN2O2/c1-15-5-7-16(8-6-15)12-4-3-10(14)9-11(12)13(17)18-2/h3-4,9H,5-8H2,1-2H3. The largest absolute Gasteiger partial charge is 0.465 e. The Labute approximate surface area is 116 Å².